The normalized spacial score (nSPS) is 13.4. The lowest BCUT2D eigenvalue weighted by atomic mass is 10.0. The summed E-state index contributed by atoms with van der Waals surface area (Å²) in [4.78, 5) is 12.0. The first-order valence-electron chi connectivity index (χ1n) is 8.73. The minimum Gasteiger partial charge on any atom is -0.383 e. The molecule has 2 N–H and O–H groups in total. The van der Waals surface area contributed by atoms with Gasteiger partial charge in [-0.25, -0.2) is 8.78 Å². The number of aliphatic hydroxyl groups is 1. The van der Waals surface area contributed by atoms with Crippen molar-refractivity contribution in [2.24, 2.45) is 0 Å². The van der Waals surface area contributed by atoms with E-state index in [9.17, 15) is 18.7 Å². The number of nitrogens with one attached hydrogen (secondary N) is 1. The highest BCUT2D eigenvalue weighted by molar-refractivity contribution is 5.81. The molecule has 2 atom stereocenters. The zero-order valence-electron chi connectivity index (χ0n) is 14.8. The molecule has 0 saturated heterocycles. The van der Waals surface area contributed by atoms with Crippen LogP contribution in [0.15, 0.2) is 60.7 Å². The lowest BCUT2D eigenvalue weighted by molar-refractivity contribution is -0.135. The number of carbonyl (C=O) groups is 1. The number of amides is 1. The monoisotopic (exact) mass is 372 g/mol. The van der Waals surface area contributed by atoms with Gasteiger partial charge >= 0.3 is 0 Å². The fourth-order valence-electron chi connectivity index (χ4n) is 2.73. The van der Waals surface area contributed by atoms with Crippen molar-refractivity contribution in [2.75, 3.05) is 0 Å². The summed E-state index contributed by atoms with van der Waals surface area (Å²) in [5.41, 5.74) is 1.43. The molecule has 142 valence electrons. The highest BCUT2D eigenvalue weighted by Crippen LogP contribution is 2.25. The first kappa shape index (κ1) is 20.5. The molecule has 2 rings (SSSR count). The first-order chi connectivity index (χ1) is 12.9. The Kier molecular flexibility index (Phi) is 7.44. The molecule has 1 amide bonds. The Hall–Kier alpha value is -2.78. The van der Waals surface area contributed by atoms with Gasteiger partial charge in [0.2, 0.25) is 5.91 Å². The topological polar surface area (TPSA) is 73.1 Å². The second-order valence-electron chi connectivity index (χ2n) is 6.45. The van der Waals surface area contributed by atoms with E-state index in [0.29, 0.717) is 18.4 Å². The van der Waals surface area contributed by atoms with Crippen LogP contribution < -0.4 is 5.32 Å². The van der Waals surface area contributed by atoms with Crippen molar-refractivity contribution in [3.8, 4) is 6.07 Å². The summed E-state index contributed by atoms with van der Waals surface area (Å²) < 4.78 is 28.2. The smallest absolute Gasteiger partial charge is 0.255 e. The average Bonchev–Trinajstić information content (AvgIpc) is 2.65. The highest BCUT2D eigenvalue weighted by Gasteiger charge is 2.35. The van der Waals surface area contributed by atoms with E-state index in [0.717, 1.165) is 5.56 Å². The van der Waals surface area contributed by atoms with Crippen LogP contribution in [0.4, 0.5) is 8.78 Å². The number of rotatable bonds is 9. The molecule has 2 unspecified atom stereocenters. The van der Waals surface area contributed by atoms with Gasteiger partial charge in [0.1, 0.15) is 12.1 Å². The Morgan fingerprint density at radius 3 is 2.19 bits per heavy atom. The van der Waals surface area contributed by atoms with E-state index >= 15 is 0 Å². The lowest BCUT2D eigenvalue weighted by Crippen LogP contribution is -2.43. The van der Waals surface area contributed by atoms with E-state index in [1.54, 1.807) is 30.3 Å². The Morgan fingerprint density at radius 1 is 1.07 bits per heavy atom. The molecule has 0 aromatic heterocycles. The fourth-order valence-corrected chi connectivity index (χ4v) is 2.73. The van der Waals surface area contributed by atoms with E-state index in [1.165, 1.54) is 0 Å². The van der Waals surface area contributed by atoms with Crippen LogP contribution in [0.2, 0.25) is 0 Å². The van der Waals surface area contributed by atoms with E-state index in [2.05, 4.69) is 5.32 Å². The van der Waals surface area contributed by atoms with E-state index in [1.807, 2.05) is 36.4 Å². The largest absolute Gasteiger partial charge is 0.383 e. The molecule has 0 radical (unpaired) electrons. The predicted octanol–water partition coefficient (Wildman–Crippen LogP) is 3.26. The van der Waals surface area contributed by atoms with Gasteiger partial charge in [0.25, 0.3) is 5.92 Å². The molecule has 0 bridgehead atoms. The van der Waals surface area contributed by atoms with Crippen LogP contribution in [-0.4, -0.2) is 29.1 Å². The summed E-state index contributed by atoms with van der Waals surface area (Å²) in [6.45, 7) is 0. The molecule has 2 aromatic rings. The molecule has 0 saturated carbocycles. The molecule has 27 heavy (non-hydrogen) atoms. The van der Waals surface area contributed by atoms with Crippen LogP contribution in [-0.2, 0) is 17.6 Å². The maximum Gasteiger partial charge on any atom is 0.255 e. The minimum absolute atomic E-state index is 0.333. The van der Waals surface area contributed by atoms with Crippen molar-refractivity contribution < 1.29 is 18.7 Å². The number of nitrogens with zero attached hydrogens (tertiary/aromatic N) is 1. The molecule has 6 heteroatoms. The molecule has 0 spiro atoms. The van der Waals surface area contributed by atoms with Gasteiger partial charge in [0.05, 0.1) is 6.07 Å². The number of halogens is 2. The number of aryl methyl sites for hydroxylation is 1. The van der Waals surface area contributed by atoms with Crippen LogP contribution in [0.25, 0.3) is 0 Å². The number of aliphatic hydroxyl groups excluding tert-OH is 1. The molecule has 2 aromatic carbocycles. The van der Waals surface area contributed by atoms with Gasteiger partial charge in [-0.2, -0.15) is 5.26 Å². The standard InChI is InChI=1S/C21H22F2N2O2/c22-21(23,13-17-9-5-2-6-10-17)14-19(26)20(27)25-18(15-24)12-11-16-7-3-1-4-8-16/h1-10,18-19,26H,11-14H2,(H,25,27). The van der Waals surface area contributed by atoms with Crippen molar-refractivity contribution in [1.82, 2.24) is 5.32 Å². The van der Waals surface area contributed by atoms with E-state index in [4.69, 9.17) is 5.26 Å². The average molecular weight is 372 g/mol. The van der Waals surface area contributed by atoms with Crippen molar-refractivity contribution in [3.63, 3.8) is 0 Å². The first-order valence-corrected chi connectivity index (χ1v) is 8.73. The third-order valence-electron chi connectivity index (χ3n) is 4.14. The molecule has 0 heterocycles. The molecule has 0 aliphatic heterocycles. The SMILES string of the molecule is N#CC(CCc1ccccc1)NC(=O)C(O)CC(F)(F)Cc1ccccc1. The summed E-state index contributed by atoms with van der Waals surface area (Å²) in [5, 5.41) is 21.4. The lowest BCUT2D eigenvalue weighted by Gasteiger charge is -2.21. The van der Waals surface area contributed by atoms with E-state index < -0.39 is 36.8 Å². The summed E-state index contributed by atoms with van der Waals surface area (Å²) >= 11 is 0. The van der Waals surface area contributed by atoms with Crippen LogP contribution in [0.5, 0.6) is 0 Å². The summed E-state index contributed by atoms with van der Waals surface area (Å²) in [7, 11) is 0. The molecule has 4 nitrogen and oxygen atoms in total. The maximum absolute atomic E-state index is 14.1. The summed E-state index contributed by atoms with van der Waals surface area (Å²) in [6.07, 6.45) is -2.55. The number of hydrogen-bond acceptors (Lipinski definition) is 3. The van der Waals surface area contributed by atoms with Gasteiger partial charge in [-0.15, -0.1) is 0 Å². The molecular weight excluding hydrogens is 350 g/mol. The Morgan fingerprint density at radius 2 is 1.63 bits per heavy atom. The van der Waals surface area contributed by atoms with Gasteiger partial charge in [-0.3, -0.25) is 4.79 Å². The highest BCUT2D eigenvalue weighted by atomic mass is 19.3. The Balaban J connectivity index is 1.84. The molecule has 0 aliphatic carbocycles. The number of alkyl halides is 2. The Bertz CT molecular complexity index is 761. The minimum atomic E-state index is -3.23. The van der Waals surface area contributed by atoms with Gasteiger partial charge in [-0.1, -0.05) is 60.7 Å². The maximum atomic E-state index is 14.1. The van der Waals surface area contributed by atoms with E-state index in [-0.39, 0.29) is 0 Å². The third-order valence-corrected chi connectivity index (χ3v) is 4.14. The third kappa shape index (κ3) is 7.16. The second kappa shape index (κ2) is 9.79. The summed E-state index contributed by atoms with van der Waals surface area (Å²) in [6, 6.07) is 18.6. The number of carbonyl (C=O) groups excluding carboxylic acids is 1. The van der Waals surface area contributed by atoms with Gasteiger partial charge in [-0.05, 0) is 24.0 Å². The van der Waals surface area contributed by atoms with Crippen molar-refractivity contribution in [1.29, 1.82) is 5.26 Å². The zero-order valence-corrected chi connectivity index (χ0v) is 14.8. The number of nitriles is 1. The van der Waals surface area contributed by atoms with Crippen LogP contribution in [0.1, 0.15) is 24.0 Å². The van der Waals surface area contributed by atoms with Crippen molar-refractivity contribution >= 4 is 5.91 Å². The van der Waals surface area contributed by atoms with Gasteiger partial charge in [0, 0.05) is 12.8 Å². The predicted molar refractivity (Wildman–Crippen MR) is 98.0 cm³/mol. The second-order valence-corrected chi connectivity index (χ2v) is 6.45. The van der Waals surface area contributed by atoms with Crippen LogP contribution in [0, 0.1) is 11.3 Å². The number of hydrogen-bond donors (Lipinski definition) is 2. The Labute approximate surface area is 157 Å². The molecular formula is C21H22F2N2O2. The van der Waals surface area contributed by atoms with Gasteiger partial charge < -0.3 is 10.4 Å². The number of benzene rings is 2. The van der Waals surface area contributed by atoms with Gasteiger partial charge in [0.15, 0.2) is 0 Å². The van der Waals surface area contributed by atoms with Crippen molar-refractivity contribution in [3.05, 3.63) is 71.8 Å². The molecule has 0 fully saturated rings. The van der Waals surface area contributed by atoms with Crippen LogP contribution in [0.3, 0.4) is 0 Å². The van der Waals surface area contributed by atoms with Crippen LogP contribution >= 0.6 is 0 Å². The fraction of sp³-hybridized carbons (Fsp3) is 0.333. The summed E-state index contributed by atoms with van der Waals surface area (Å²) in [5.74, 6) is -4.19. The molecule has 0 aliphatic rings. The van der Waals surface area contributed by atoms with Crippen molar-refractivity contribution in [2.45, 2.75) is 43.8 Å². The zero-order chi connectivity index (χ0) is 19.7. The quantitative estimate of drug-likeness (QED) is 0.710.